The molecule has 2 rings (SSSR count). The fourth-order valence-corrected chi connectivity index (χ4v) is 1.59. The number of aromatic nitrogens is 3. The zero-order valence-corrected chi connectivity index (χ0v) is 10.2. The van der Waals surface area contributed by atoms with Gasteiger partial charge in [-0.1, -0.05) is 5.21 Å². The molecular weight excluding hydrogens is 237 g/mol. The quantitative estimate of drug-likeness (QED) is 0.896. The van der Waals surface area contributed by atoms with E-state index in [1.807, 2.05) is 0 Å². The number of hydrogen-bond acceptors (Lipinski definition) is 4. The third-order valence-corrected chi connectivity index (χ3v) is 2.45. The largest absolute Gasteiger partial charge is 0.487 e. The van der Waals surface area contributed by atoms with Crippen molar-refractivity contribution in [2.75, 3.05) is 0 Å². The van der Waals surface area contributed by atoms with Crippen LogP contribution in [0.15, 0.2) is 24.4 Å². The highest BCUT2D eigenvalue weighted by molar-refractivity contribution is 5.35. The molecule has 6 heteroatoms. The summed E-state index contributed by atoms with van der Waals surface area (Å²) in [6.07, 6.45) is 0.990. The molecule has 1 atom stereocenters. The Morgan fingerprint density at radius 1 is 1.50 bits per heavy atom. The van der Waals surface area contributed by atoms with Crippen LogP contribution in [0, 0.1) is 5.82 Å². The van der Waals surface area contributed by atoms with Gasteiger partial charge < -0.3 is 9.84 Å². The van der Waals surface area contributed by atoms with Gasteiger partial charge in [-0.3, -0.25) is 4.68 Å². The highest BCUT2D eigenvalue weighted by Crippen LogP contribution is 2.26. The number of nitrogens with zero attached hydrogens (tertiary/aromatic N) is 3. The van der Waals surface area contributed by atoms with Gasteiger partial charge in [-0.05, 0) is 19.1 Å². The first-order valence-corrected chi connectivity index (χ1v) is 5.52. The van der Waals surface area contributed by atoms with E-state index in [0.29, 0.717) is 17.0 Å². The zero-order chi connectivity index (χ0) is 13.1. The van der Waals surface area contributed by atoms with E-state index in [0.717, 1.165) is 0 Å². The summed E-state index contributed by atoms with van der Waals surface area (Å²) in [4.78, 5) is 0. The molecule has 1 N–H and O–H groups in total. The molecule has 1 aromatic carbocycles. The first-order chi connectivity index (χ1) is 8.56. The predicted octanol–water partition coefficient (Wildman–Crippen LogP) is 1.59. The van der Waals surface area contributed by atoms with E-state index in [1.165, 1.54) is 18.2 Å². The Morgan fingerprint density at radius 2 is 2.28 bits per heavy atom. The van der Waals surface area contributed by atoms with E-state index in [1.54, 1.807) is 24.9 Å². The molecule has 0 spiro atoms. The number of benzene rings is 1. The highest BCUT2D eigenvalue weighted by atomic mass is 19.1. The van der Waals surface area contributed by atoms with Crippen LogP contribution >= 0.6 is 0 Å². The molecule has 0 aliphatic carbocycles. The van der Waals surface area contributed by atoms with Crippen LogP contribution in [-0.4, -0.2) is 20.1 Å². The number of ether oxygens (including phenoxy) is 1. The van der Waals surface area contributed by atoms with E-state index < -0.39 is 11.9 Å². The van der Waals surface area contributed by atoms with Gasteiger partial charge in [0, 0.05) is 18.7 Å². The second kappa shape index (κ2) is 5.14. The molecule has 0 bridgehead atoms. The lowest BCUT2D eigenvalue weighted by Gasteiger charge is -2.12. The van der Waals surface area contributed by atoms with Crippen molar-refractivity contribution in [1.29, 1.82) is 0 Å². The molecule has 1 heterocycles. The Morgan fingerprint density at radius 3 is 2.89 bits per heavy atom. The Labute approximate surface area is 104 Å². The first kappa shape index (κ1) is 12.5. The van der Waals surface area contributed by atoms with Crippen LogP contribution in [0.2, 0.25) is 0 Å². The smallest absolute Gasteiger partial charge is 0.134 e. The minimum atomic E-state index is -0.720. The van der Waals surface area contributed by atoms with Crippen LogP contribution in [0.1, 0.15) is 24.3 Å². The van der Waals surface area contributed by atoms with E-state index in [4.69, 9.17) is 4.74 Å². The van der Waals surface area contributed by atoms with Crippen molar-refractivity contribution in [3.63, 3.8) is 0 Å². The van der Waals surface area contributed by atoms with Gasteiger partial charge in [0.2, 0.25) is 0 Å². The van der Waals surface area contributed by atoms with Crippen molar-refractivity contribution < 1.29 is 14.2 Å². The number of halogens is 1. The summed E-state index contributed by atoms with van der Waals surface area (Å²) in [5.41, 5.74) is 1.18. The molecule has 96 valence electrons. The molecule has 0 aliphatic rings. The van der Waals surface area contributed by atoms with Gasteiger partial charge in [0.25, 0.3) is 0 Å². The maximum atomic E-state index is 13.1. The van der Waals surface area contributed by atoms with Crippen molar-refractivity contribution in [2.45, 2.75) is 19.6 Å². The van der Waals surface area contributed by atoms with E-state index in [9.17, 15) is 9.50 Å². The minimum absolute atomic E-state index is 0.178. The zero-order valence-electron chi connectivity index (χ0n) is 10.2. The van der Waals surface area contributed by atoms with Gasteiger partial charge in [-0.2, -0.15) is 0 Å². The van der Waals surface area contributed by atoms with Crippen molar-refractivity contribution in [1.82, 2.24) is 15.0 Å². The molecule has 2 aromatic rings. The SMILES string of the molecule is C[C@H](O)c1ccc(F)cc1OCc1cn(C)nn1. The van der Waals surface area contributed by atoms with Crippen LogP contribution in [0.4, 0.5) is 4.39 Å². The Kier molecular flexibility index (Phi) is 3.57. The van der Waals surface area contributed by atoms with Crippen molar-refractivity contribution >= 4 is 0 Å². The van der Waals surface area contributed by atoms with Gasteiger partial charge in [0.15, 0.2) is 0 Å². The minimum Gasteiger partial charge on any atom is -0.487 e. The lowest BCUT2D eigenvalue weighted by molar-refractivity contribution is 0.189. The summed E-state index contributed by atoms with van der Waals surface area (Å²) in [7, 11) is 1.75. The average molecular weight is 251 g/mol. The van der Waals surface area contributed by atoms with Crippen molar-refractivity contribution in [3.8, 4) is 5.75 Å². The molecule has 0 saturated heterocycles. The van der Waals surface area contributed by atoms with Crippen LogP contribution in [-0.2, 0) is 13.7 Å². The summed E-state index contributed by atoms with van der Waals surface area (Å²) < 4.78 is 20.2. The summed E-state index contributed by atoms with van der Waals surface area (Å²) >= 11 is 0. The molecule has 5 nitrogen and oxygen atoms in total. The van der Waals surface area contributed by atoms with Crippen molar-refractivity contribution in [2.24, 2.45) is 7.05 Å². The average Bonchev–Trinajstić information content (AvgIpc) is 2.72. The normalized spacial score (nSPS) is 12.4. The third kappa shape index (κ3) is 2.84. The van der Waals surface area contributed by atoms with Crippen LogP contribution in [0.5, 0.6) is 5.75 Å². The molecule has 1 aromatic heterocycles. The van der Waals surface area contributed by atoms with E-state index >= 15 is 0 Å². The molecule has 18 heavy (non-hydrogen) atoms. The second-order valence-electron chi connectivity index (χ2n) is 4.03. The van der Waals surface area contributed by atoms with Crippen LogP contribution < -0.4 is 4.74 Å². The van der Waals surface area contributed by atoms with Gasteiger partial charge >= 0.3 is 0 Å². The Hall–Kier alpha value is -1.95. The number of hydrogen-bond donors (Lipinski definition) is 1. The standard InChI is InChI=1S/C12H14FN3O2/c1-8(17)11-4-3-9(13)5-12(11)18-7-10-6-16(2)15-14-10/h3-6,8,17H,7H2,1-2H3/t8-/m0/s1. The molecule has 0 radical (unpaired) electrons. The van der Waals surface area contributed by atoms with Crippen LogP contribution in [0.3, 0.4) is 0 Å². The fourth-order valence-electron chi connectivity index (χ4n) is 1.59. The maximum Gasteiger partial charge on any atom is 0.134 e. The van der Waals surface area contributed by atoms with Gasteiger partial charge in [0.05, 0.1) is 12.3 Å². The summed E-state index contributed by atoms with van der Waals surface area (Å²) in [6, 6.07) is 4.04. The summed E-state index contributed by atoms with van der Waals surface area (Å²) in [6.45, 7) is 1.78. The Bertz CT molecular complexity index is 540. The number of aryl methyl sites for hydroxylation is 1. The monoisotopic (exact) mass is 251 g/mol. The molecule has 0 fully saturated rings. The fraction of sp³-hybridized carbons (Fsp3) is 0.333. The number of aliphatic hydroxyl groups is 1. The molecular formula is C12H14FN3O2. The lowest BCUT2D eigenvalue weighted by Crippen LogP contribution is -2.02. The molecule has 0 aliphatic heterocycles. The summed E-state index contributed by atoms with van der Waals surface area (Å²) in [5, 5.41) is 17.2. The topological polar surface area (TPSA) is 60.2 Å². The number of rotatable bonds is 4. The Balaban J connectivity index is 2.15. The van der Waals surface area contributed by atoms with E-state index in [2.05, 4.69) is 10.3 Å². The van der Waals surface area contributed by atoms with Gasteiger partial charge in [-0.15, -0.1) is 5.10 Å². The number of aliphatic hydroxyl groups excluding tert-OH is 1. The second-order valence-corrected chi connectivity index (χ2v) is 4.03. The molecule has 0 saturated carbocycles. The summed E-state index contributed by atoms with van der Waals surface area (Å²) in [5.74, 6) is -0.0933. The molecule has 0 amide bonds. The van der Waals surface area contributed by atoms with Gasteiger partial charge in [0.1, 0.15) is 23.9 Å². The maximum absolute atomic E-state index is 13.1. The van der Waals surface area contributed by atoms with Crippen molar-refractivity contribution in [3.05, 3.63) is 41.5 Å². The van der Waals surface area contributed by atoms with Gasteiger partial charge in [-0.25, -0.2) is 4.39 Å². The highest BCUT2D eigenvalue weighted by Gasteiger charge is 2.11. The predicted molar refractivity (Wildman–Crippen MR) is 62.4 cm³/mol. The first-order valence-electron chi connectivity index (χ1n) is 5.52. The molecule has 0 unspecified atom stereocenters. The van der Waals surface area contributed by atoms with E-state index in [-0.39, 0.29) is 6.61 Å². The van der Waals surface area contributed by atoms with Crippen LogP contribution in [0.25, 0.3) is 0 Å². The lowest BCUT2D eigenvalue weighted by atomic mass is 10.1. The third-order valence-electron chi connectivity index (χ3n) is 2.45.